The highest BCUT2D eigenvalue weighted by atomic mass is 35.5. The summed E-state index contributed by atoms with van der Waals surface area (Å²) in [6.07, 6.45) is 0.324. The second-order valence-electron chi connectivity index (χ2n) is 10.5. The molecule has 1 heterocycles. The SMILES string of the molecule is CC(C)CNC(=O)[C@@H](Cc1ccccc1)N(Cc1ccccc1Cl)C(=O)CN1C(=O)c2cccc3cccc1c23. The molecule has 40 heavy (non-hydrogen) atoms. The van der Waals surface area contributed by atoms with Gasteiger partial charge in [-0.15, -0.1) is 0 Å². The smallest absolute Gasteiger partial charge is 0.259 e. The lowest BCUT2D eigenvalue weighted by Crippen LogP contribution is -2.53. The van der Waals surface area contributed by atoms with Crippen LogP contribution in [0.2, 0.25) is 5.02 Å². The van der Waals surface area contributed by atoms with E-state index in [0.717, 1.165) is 21.9 Å². The third-order valence-corrected chi connectivity index (χ3v) is 7.57. The van der Waals surface area contributed by atoms with Crippen molar-refractivity contribution in [2.45, 2.75) is 32.9 Å². The summed E-state index contributed by atoms with van der Waals surface area (Å²) in [5.74, 6) is -0.549. The fraction of sp³-hybridized carbons (Fsp3) is 0.242. The monoisotopic (exact) mass is 553 g/mol. The van der Waals surface area contributed by atoms with E-state index < -0.39 is 6.04 Å². The average molecular weight is 554 g/mol. The van der Waals surface area contributed by atoms with Crippen LogP contribution in [0.5, 0.6) is 0 Å². The molecule has 0 unspecified atom stereocenters. The lowest BCUT2D eigenvalue weighted by Gasteiger charge is -2.33. The number of hydrogen-bond acceptors (Lipinski definition) is 3. The zero-order valence-electron chi connectivity index (χ0n) is 22.6. The summed E-state index contributed by atoms with van der Waals surface area (Å²) < 4.78 is 0. The second kappa shape index (κ2) is 11.9. The first-order valence-electron chi connectivity index (χ1n) is 13.5. The van der Waals surface area contributed by atoms with E-state index in [0.29, 0.717) is 29.2 Å². The molecule has 204 valence electrons. The number of nitrogens with one attached hydrogen (secondary N) is 1. The quantitative estimate of drug-likeness (QED) is 0.267. The number of anilines is 1. The van der Waals surface area contributed by atoms with Gasteiger partial charge in [-0.1, -0.05) is 98.2 Å². The van der Waals surface area contributed by atoms with Crippen LogP contribution in [0.15, 0.2) is 91.0 Å². The third kappa shape index (κ3) is 5.73. The van der Waals surface area contributed by atoms with Gasteiger partial charge in [0.25, 0.3) is 5.91 Å². The topological polar surface area (TPSA) is 69.7 Å². The Bertz CT molecular complexity index is 1550. The average Bonchev–Trinajstić information content (AvgIpc) is 3.23. The number of hydrogen-bond donors (Lipinski definition) is 1. The first-order valence-corrected chi connectivity index (χ1v) is 13.9. The number of carbonyl (C=O) groups excluding carboxylic acids is 3. The van der Waals surface area contributed by atoms with Crippen LogP contribution in [0.1, 0.15) is 35.3 Å². The van der Waals surface area contributed by atoms with Gasteiger partial charge in [0, 0.05) is 35.5 Å². The van der Waals surface area contributed by atoms with Crippen LogP contribution in [-0.2, 0) is 22.6 Å². The molecule has 4 aromatic rings. The third-order valence-electron chi connectivity index (χ3n) is 7.20. The van der Waals surface area contributed by atoms with E-state index in [1.807, 2.05) is 92.7 Å². The van der Waals surface area contributed by atoms with Crippen LogP contribution in [0.4, 0.5) is 5.69 Å². The van der Waals surface area contributed by atoms with E-state index in [-0.39, 0.29) is 36.7 Å². The minimum atomic E-state index is -0.805. The number of nitrogens with zero attached hydrogens (tertiary/aromatic N) is 2. The number of amides is 3. The van der Waals surface area contributed by atoms with Crippen LogP contribution in [0, 0.1) is 5.92 Å². The Hall–Kier alpha value is -4.16. The van der Waals surface area contributed by atoms with Crippen LogP contribution in [0.25, 0.3) is 10.8 Å². The van der Waals surface area contributed by atoms with Gasteiger partial charge in [0.1, 0.15) is 12.6 Å². The van der Waals surface area contributed by atoms with Crippen LogP contribution in [0.3, 0.4) is 0 Å². The Morgan fingerprint density at radius 2 is 1.60 bits per heavy atom. The molecule has 1 N–H and O–H groups in total. The minimum Gasteiger partial charge on any atom is -0.354 e. The van der Waals surface area contributed by atoms with Crippen molar-refractivity contribution in [3.63, 3.8) is 0 Å². The Labute approximate surface area is 239 Å². The highest BCUT2D eigenvalue weighted by Crippen LogP contribution is 2.37. The normalized spacial score (nSPS) is 13.1. The van der Waals surface area contributed by atoms with Crippen LogP contribution in [-0.4, -0.2) is 41.8 Å². The highest BCUT2D eigenvalue weighted by Gasteiger charge is 2.36. The van der Waals surface area contributed by atoms with Crippen molar-refractivity contribution in [3.8, 4) is 0 Å². The molecule has 4 aromatic carbocycles. The molecule has 0 aromatic heterocycles. The maximum atomic E-state index is 14.2. The van der Waals surface area contributed by atoms with Crippen molar-refractivity contribution in [2.75, 3.05) is 18.0 Å². The van der Waals surface area contributed by atoms with Crippen molar-refractivity contribution >= 4 is 45.8 Å². The predicted octanol–water partition coefficient (Wildman–Crippen LogP) is 5.87. The number of benzene rings is 4. The maximum absolute atomic E-state index is 14.2. The fourth-order valence-corrected chi connectivity index (χ4v) is 5.34. The van der Waals surface area contributed by atoms with Crippen LogP contribution < -0.4 is 10.2 Å². The molecule has 0 radical (unpaired) electrons. The predicted molar refractivity (Wildman–Crippen MR) is 159 cm³/mol. The Morgan fingerprint density at radius 1 is 0.900 bits per heavy atom. The molecule has 1 aliphatic rings. The van der Waals surface area contributed by atoms with Crippen molar-refractivity contribution in [1.82, 2.24) is 10.2 Å². The first kappa shape index (κ1) is 27.4. The van der Waals surface area contributed by atoms with E-state index in [4.69, 9.17) is 11.6 Å². The molecule has 0 bridgehead atoms. The van der Waals surface area contributed by atoms with Crippen molar-refractivity contribution in [2.24, 2.45) is 5.92 Å². The molecule has 5 rings (SSSR count). The Balaban J connectivity index is 1.51. The van der Waals surface area contributed by atoms with E-state index in [2.05, 4.69) is 5.32 Å². The van der Waals surface area contributed by atoms with E-state index in [1.54, 1.807) is 17.0 Å². The fourth-order valence-electron chi connectivity index (χ4n) is 5.15. The summed E-state index contributed by atoms with van der Waals surface area (Å²) in [4.78, 5) is 44.5. The molecule has 0 aliphatic carbocycles. The lowest BCUT2D eigenvalue weighted by molar-refractivity contribution is -0.140. The molecule has 3 amide bonds. The van der Waals surface area contributed by atoms with Crippen LogP contribution >= 0.6 is 11.6 Å². The molecule has 1 atom stereocenters. The number of halogens is 1. The number of carbonyl (C=O) groups is 3. The lowest BCUT2D eigenvalue weighted by atomic mass is 10.0. The summed E-state index contributed by atoms with van der Waals surface area (Å²) >= 11 is 6.53. The maximum Gasteiger partial charge on any atom is 0.259 e. The zero-order valence-corrected chi connectivity index (χ0v) is 23.4. The van der Waals surface area contributed by atoms with Gasteiger partial charge in [0.05, 0.1) is 5.69 Å². The largest absolute Gasteiger partial charge is 0.354 e. The Kier molecular flexibility index (Phi) is 8.17. The van der Waals surface area contributed by atoms with Gasteiger partial charge in [0.15, 0.2) is 0 Å². The summed E-state index contributed by atoms with van der Waals surface area (Å²) in [6.45, 7) is 4.47. The van der Waals surface area contributed by atoms with E-state index in [1.165, 1.54) is 4.90 Å². The van der Waals surface area contributed by atoms with Gasteiger partial charge in [-0.3, -0.25) is 19.3 Å². The van der Waals surface area contributed by atoms with Gasteiger partial charge in [-0.2, -0.15) is 0 Å². The van der Waals surface area contributed by atoms with Crippen molar-refractivity contribution < 1.29 is 14.4 Å². The minimum absolute atomic E-state index is 0.129. The molecule has 6 nitrogen and oxygen atoms in total. The van der Waals surface area contributed by atoms with Gasteiger partial charge in [-0.05, 0) is 40.6 Å². The Morgan fingerprint density at radius 3 is 2.33 bits per heavy atom. The number of rotatable bonds is 10. The van der Waals surface area contributed by atoms with Crippen molar-refractivity contribution in [3.05, 3.63) is 113 Å². The van der Waals surface area contributed by atoms with E-state index in [9.17, 15) is 14.4 Å². The summed E-state index contributed by atoms with van der Waals surface area (Å²) in [5, 5.41) is 5.32. The molecular weight excluding hydrogens is 522 g/mol. The van der Waals surface area contributed by atoms with Gasteiger partial charge in [-0.25, -0.2) is 0 Å². The zero-order chi connectivity index (χ0) is 28.2. The molecule has 0 saturated carbocycles. The summed E-state index contributed by atoms with van der Waals surface area (Å²) in [7, 11) is 0. The molecular formula is C33H32ClN3O3. The molecule has 1 aliphatic heterocycles. The first-order chi connectivity index (χ1) is 19.3. The summed E-state index contributed by atoms with van der Waals surface area (Å²) in [5.41, 5.74) is 2.94. The standard InChI is InChI=1S/C33H32ClN3O3/c1-22(2)19-35-32(39)29(18-23-10-4-3-5-11-23)36(20-25-12-6-7-16-27(25)34)30(38)21-37-28-17-9-14-24-13-8-15-26(31(24)28)33(37)40/h3-17,22,29H,18-21H2,1-2H3,(H,35,39)/t29-/m1/s1. The van der Waals surface area contributed by atoms with Gasteiger partial charge < -0.3 is 10.2 Å². The van der Waals surface area contributed by atoms with Crippen molar-refractivity contribution in [1.29, 1.82) is 0 Å². The summed E-state index contributed by atoms with van der Waals surface area (Å²) in [6, 6.07) is 27.4. The highest BCUT2D eigenvalue weighted by molar-refractivity contribution is 6.31. The second-order valence-corrected chi connectivity index (χ2v) is 10.9. The molecule has 7 heteroatoms. The van der Waals surface area contributed by atoms with Gasteiger partial charge >= 0.3 is 0 Å². The molecule has 0 fully saturated rings. The van der Waals surface area contributed by atoms with E-state index >= 15 is 0 Å². The van der Waals surface area contributed by atoms with Gasteiger partial charge in [0.2, 0.25) is 11.8 Å². The molecule has 0 saturated heterocycles. The molecule has 0 spiro atoms.